The molecule has 0 saturated heterocycles. The Morgan fingerprint density at radius 1 is 1.00 bits per heavy atom. The summed E-state index contributed by atoms with van der Waals surface area (Å²) >= 11 is 0. The van der Waals surface area contributed by atoms with Gasteiger partial charge < -0.3 is 9.47 Å². The first-order valence-electron chi connectivity index (χ1n) is 7.37. The maximum absolute atomic E-state index is 12.5. The molecule has 0 fully saturated rings. The molecule has 0 aromatic carbocycles. The molecule has 1 aromatic rings. The van der Waals surface area contributed by atoms with E-state index in [0.717, 1.165) is 0 Å². The number of rotatable bonds is 1. The normalized spacial score (nSPS) is 11.4. The largest absolute Gasteiger partial charge is 0.443 e. The zero-order chi connectivity index (χ0) is 18.5. The number of nitrogens with zero attached hydrogens (tertiary/aromatic N) is 2. The van der Waals surface area contributed by atoms with E-state index in [-0.39, 0.29) is 5.69 Å². The number of nitrogens with one attached hydrogen (secondary N) is 1. The van der Waals surface area contributed by atoms with E-state index in [1.807, 2.05) is 0 Å². The molecular weight excluding hydrogens is 314 g/mol. The summed E-state index contributed by atoms with van der Waals surface area (Å²) < 4.78 is 10.2. The van der Waals surface area contributed by atoms with Crippen LogP contribution in [0.25, 0.3) is 0 Å². The van der Waals surface area contributed by atoms with E-state index < -0.39 is 29.3 Å². The minimum absolute atomic E-state index is 0.0283. The Labute approximate surface area is 141 Å². The third kappa shape index (κ3) is 6.64. The van der Waals surface area contributed by atoms with Crippen molar-refractivity contribution >= 4 is 18.1 Å². The van der Waals surface area contributed by atoms with Crippen LogP contribution in [0.2, 0.25) is 0 Å². The molecule has 1 N–H and O–H groups in total. The van der Waals surface area contributed by atoms with Gasteiger partial charge in [-0.15, -0.1) is 5.01 Å². The van der Waals surface area contributed by atoms with Crippen molar-refractivity contribution in [1.29, 1.82) is 0 Å². The summed E-state index contributed by atoms with van der Waals surface area (Å²) in [4.78, 5) is 40.5. The summed E-state index contributed by atoms with van der Waals surface area (Å²) in [6.07, 6.45) is -0.602. The van der Waals surface area contributed by atoms with Crippen molar-refractivity contribution in [2.45, 2.75) is 52.7 Å². The topological polar surface area (TPSA) is 97.8 Å². The number of imide groups is 1. The summed E-state index contributed by atoms with van der Waals surface area (Å²) in [5.74, 6) is -0.837. The van der Waals surface area contributed by atoms with Gasteiger partial charge in [-0.3, -0.25) is 9.78 Å². The van der Waals surface area contributed by atoms with Crippen LogP contribution in [0.3, 0.4) is 0 Å². The lowest BCUT2D eigenvalue weighted by atomic mass is 10.2. The molecule has 8 heteroatoms. The van der Waals surface area contributed by atoms with Crippen LogP contribution in [0.5, 0.6) is 0 Å². The highest BCUT2D eigenvalue weighted by atomic mass is 16.6. The fourth-order valence-corrected chi connectivity index (χ4v) is 1.48. The Bertz CT molecular complexity index is 602. The van der Waals surface area contributed by atoms with Crippen molar-refractivity contribution in [2.24, 2.45) is 0 Å². The van der Waals surface area contributed by atoms with Crippen LogP contribution in [-0.2, 0) is 9.47 Å². The first-order valence-corrected chi connectivity index (χ1v) is 7.37. The number of aromatic nitrogens is 1. The van der Waals surface area contributed by atoms with E-state index in [0.29, 0.717) is 5.01 Å². The molecule has 0 saturated carbocycles. The van der Waals surface area contributed by atoms with Gasteiger partial charge in [0.25, 0.3) is 0 Å². The highest BCUT2D eigenvalue weighted by Gasteiger charge is 2.32. The average molecular weight is 337 g/mol. The average Bonchev–Trinajstić information content (AvgIpc) is 2.41. The number of carbonyl (C=O) groups is 3. The molecule has 0 atom stereocenters. The van der Waals surface area contributed by atoms with Crippen LogP contribution in [0, 0.1) is 0 Å². The first-order chi connectivity index (χ1) is 10.9. The Hall–Kier alpha value is -2.64. The number of hydrogen-bond donors (Lipinski definition) is 1. The smallest absolute Gasteiger partial charge is 0.437 e. The van der Waals surface area contributed by atoms with E-state index in [4.69, 9.17) is 9.47 Å². The van der Waals surface area contributed by atoms with Crippen LogP contribution in [-0.4, -0.2) is 39.3 Å². The maximum atomic E-state index is 12.5. The van der Waals surface area contributed by atoms with Crippen LogP contribution in [0.4, 0.5) is 9.59 Å². The molecule has 1 aromatic heterocycles. The van der Waals surface area contributed by atoms with Crippen molar-refractivity contribution in [3.63, 3.8) is 0 Å². The summed E-state index contributed by atoms with van der Waals surface area (Å²) in [5.41, 5.74) is 0.428. The van der Waals surface area contributed by atoms with Crippen molar-refractivity contribution in [2.75, 3.05) is 0 Å². The summed E-state index contributed by atoms with van der Waals surface area (Å²) in [5, 5.41) is 0.446. The fraction of sp³-hybridized carbons (Fsp3) is 0.500. The van der Waals surface area contributed by atoms with E-state index in [1.165, 1.54) is 12.3 Å². The molecule has 132 valence electrons. The third-order valence-electron chi connectivity index (χ3n) is 2.27. The van der Waals surface area contributed by atoms with Crippen LogP contribution in [0.1, 0.15) is 52.0 Å². The van der Waals surface area contributed by atoms with E-state index >= 15 is 0 Å². The maximum Gasteiger partial charge on any atom is 0.437 e. The zero-order valence-electron chi connectivity index (χ0n) is 14.7. The Balaban J connectivity index is 3.01. The van der Waals surface area contributed by atoms with Gasteiger partial charge in [-0.05, 0) is 53.7 Å². The van der Waals surface area contributed by atoms with Crippen molar-refractivity contribution in [1.82, 2.24) is 15.4 Å². The predicted molar refractivity (Wildman–Crippen MR) is 86.0 cm³/mol. The van der Waals surface area contributed by atoms with Crippen molar-refractivity contribution < 1.29 is 23.9 Å². The molecule has 0 unspecified atom stereocenters. The van der Waals surface area contributed by atoms with Gasteiger partial charge in [-0.2, -0.15) is 0 Å². The van der Waals surface area contributed by atoms with Gasteiger partial charge >= 0.3 is 18.1 Å². The second kappa shape index (κ2) is 7.29. The molecule has 0 aliphatic carbocycles. The van der Waals surface area contributed by atoms with E-state index in [9.17, 15) is 14.4 Å². The number of amides is 3. The lowest BCUT2D eigenvalue weighted by molar-refractivity contribution is 0.00324. The molecule has 0 spiro atoms. The monoisotopic (exact) mass is 337 g/mol. The molecule has 24 heavy (non-hydrogen) atoms. The molecule has 1 rings (SSSR count). The molecule has 1 heterocycles. The number of ether oxygens (including phenoxy) is 2. The second-order valence-corrected chi connectivity index (χ2v) is 6.95. The van der Waals surface area contributed by atoms with Gasteiger partial charge in [0.05, 0.1) is 0 Å². The molecule has 0 bridgehead atoms. The predicted octanol–water partition coefficient (Wildman–Crippen LogP) is 2.90. The number of hydrogen-bond acceptors (Lipinski definition) is 6. The lowest BCUT2D eigenvalue weighted by Crippen LogP contribution is -2.52. The fourth-order valence-electron chi connectivity index (χ4n) is 1.48. The standard InChI is InChI=1S/C16H23N3O5/c1-15(2,3)23-13(21)18-19(14(22)24-16(4,5)6)12(20)11-9-7-8-10-17-11/h7-10H,1-6H3,(H,18,21). The van der Waals surface area contributed by atoms with Gasteiger partial charge in [-0.25, -0.2) is 15.0 Å². The van der Waals surface area contributed by atoms with Crippen LogP contribution in [0.15, 0.2) is 24.4 Å². The SMILES string of the molecule is CC(C)(C)OC(=O)NN(C(=O)OC(C)(C)C)C(=O)c1ccccn1. The summed E-state index contributed by atoms with van der Waals surface area (Å²) in [6.45, 7) is 9.90. The summed E-state index contributed by atoms with van der Waals surface area (Å²) in [6, 6.07) is 4.62. The highest BCUT2D eigenvalue weighted by Crippen LogP contribution is 2.12. The van der Waals surface area contributed by atoms with E-state index in [2.05, 4.69) is 10.4 Å². The first kappa shape index (κ1) is 19.4. The van der Waals surface area contributed by atoms with Crippen LogP contribution >= 0.6 is 0 Å². The van der Waals surface area contributed by atoms with E-state index in [1.54, 1.807) is 53.7 Å². The van der Waals surface area contributed by atoms with Gasteiger partial charge in [0, 0.05) is 6.20 Å². The Kier molecular flexibility index (Phi) is 5.89. The number of hydrazine groups is 1. The van der Waals surface area contributed by atoms with Crippen molar-refractivity contribution in [3.8, 4) is 0 Å². The minimum atomic E-state index is -1.04. The quantitative estimate of drug-likeness (QED) is 0.791. The summed E-state index contributed by atoms with van der Waals surface area (Å²) in [7, 11) is 0. The molecule has 3 amide bonds. The van der Waals surface area contributed by atoms with Gasteiger partial charge in [0.15, 0.2) is 0 Å². The Morgan fingerprint density at radius 3 is 2.04 bits per heavy atom. The number of carbonyl (C=O) groups excluding carboxylic acids is 3. The molecule has 8 nitrogen and oxygen atoms in total. The minimum Gasteiger partial charge on any atom is -0.443 e. The van der Waals surface area contributed by atoms with Crippen molar-refractivity contribution in [3.05, 3.63) is 30.1 Å². The molecule has 0 radical (unpaired) electrons. The molecule has 0 aliphatic rings. The highest BCUT2D eigenvalue weighted by molar-refractivity contribution is 6.02. The molecular formula is C16H23N3O5. The molecule has 0 aliphatic heterocycles. The number of pyridine rings is 1. The second-order valence-electron chi connectivity index (χ2n) is 6.95. The van der Waals surface area contributed by atoms with Gasteiger partial charge in [0.2, 0.25) is 0 Å². The van der Waals surface area contributed by atoms with Gasteiger partial charge in [0.1, 0.15) is 16.9 Å². The van der Waals surface area contributed by atoms with Gasteiger partial charge in [-0.1, -0.05) is 6.07 Å². The van der Waals surface area contributed by atoms with Crippen LogP contribution < -0.4 is 5.43 Å². The Morgan fingerprint density at radius 2 is 1.58 bits per heavy atom. The zero-order valence-corrected chi connectivity index (χ0v) is 14.7. The lowest BCUT2D eigenvalue weighted by Gasteiger charge is -2.27. The third-order valence-corrected chi connectivity index (χ3v) is 2.27.